The van der Waals surface area contributed by atoms with E-state index in [0.717, 1.165) is 49.3 Å². The standard InChI is InChI=1S/C23H24F4/c1-2-3-13-4-6-18-14(8-13)5-7-19-20(18)12-21(26)22(23(19)27)15-9-16(24)11-17(25)10-15/h9-14,18H,2-8H2,1H3/t13-,14-,18+/m1/s1. The van der Waals surface area contributed by atoms with Crippen molar-refractivity contribution < 1.29 is 17.6 Å². The van der Waals surface area contributed by atoms with Crippen LogP contribution in [-0.4, -0.2) is 0 Å². The summed E-state index contributed by atoms with van der Waals surface area (Å²) in [5.74, 6) is -1.64. The van der Waals surface area contributed by atoms with Crippen molar-refractivity contribution >= 4 is 0 Å². The van der Waals surface area contributed by atoms with Gasteiger partial charge in [0.2, 0.25) is 0 Å². The summed E-state index contributed by atoms with van der Waals surface area (Å²) in [5, 5.41) is 0. The molecule has 144 valence electrons. The van der Waals surface area contributed by atoms with E-state index in [9.17, 15) is 13.2 Å². The summed E-state index contributed by atoms with van der Waals surface area (Å²) in [6.45, 7) is 2.20. The van der Waals surface area contributed by atoms with E-state index in [4.69, 9.17) is 0 Å². The molecule has 2 aliphatic carbocycles. The molecule has 2 aliphatic rings. The average molecular weight is 376 g/mol. The Kier molecular flexibility index (Phi) is 5.00. The van der Waals surface area contributed by atoms with Crippen molar-refractivity contribution in [2.45, 2.75) is 57.8 Å². The summed E-state index contributed by atoms with van der Waals surface area (Å²) in [5.41, 5.74) is 0.910. The van der Waals surface area contributed by atoms with Gasteiger partial charge >= 0.3 is 0 Å². The first-order chi connectivity index (χ1) is 13.0. The van der Waals surface area contributed by atoms with Crippen molar-refractivity contribution in [3.8, 4) is 11.1 Å². The van der Waals surface area contributed by atoms with Crippen LogP contribution in [0.2, 0.25) is 0 Å². The summed E-state index contributed by atoms with van der Waals surface area (Å²) in [6, 6.07) is 4.10. The van der Waals surface area contributed by atoms with Gasteiger partial charge in [-0.15, -0.1) is 0 Å². The first-order valence-electron chi connectivity index (χ1n) is 9.95. The molecule has 4 heteroatoms. The first kappa shape index (κ1) is 18.5. The molecule has 27 heavy (non-hydrogen) atoms. The molecule has 0 radical (unpaired) electrons. The second kappa shape index (κ2) is 7.29. The van der Waals surface area contributed by atoms with Crippen LogP contribution in [0.1, 0.15) is 62.5 Å². The zero-order chi connectivity index (χ0) is 19.1. The molecule has 1 saturated carbocycles. The van der Waals surface area contributed by atoms with Gasteiger partial charge in [0.25, 0.3) is 0 Å². The highest BCUT2D eigenvalue weighted by Gasteiger charge is 2.37. The maximum atomic E-state index is 15.2. The molecule has 0 N–H and O–H groups in total. The van der Waals surface area contributed by atoms with E-state index in [0.29, 0.717) is 24.0 Å². The van der Waals surface area contributed by atoms with Gasteiger partial charge in [0.05, 0.1) is 5.56 Å². The molecule has 0 aliphatic heterocycles. The third-order valence-electron chi connectivity index (χ3n) is 6.46. The molecular formula is C23H24F4. The van der Waals surface area contributed by atoms with Crippen LogP contribution in [-0.2, 0) is 6.42 Å². The fourth-order valence-corrected chi connectivity index (χ4v) is 5.32. The minimum Gasteiger partial charge on any atom is -0.207 e. The van der Waals surface area contributed by atoms with Gasteiger partial charge in [0.15, 0.2) is 0 Å². The monoisotopic (exact) mass is 376 g/mol. The maximum Gasteiger partial charge on any atom is 0.137 e. The molecule has 4 rings (SSSR count). The predicted octanol–water partition coefficient (Wildman–Crippen LogP) is 7.16. The maximum absolute atomic E-state index is 15.2. The van der Waals surface area contributed by atoms with Crippen LogP contribution in [0, 0.1) is 35.1 Å². The van der Waals surface area contributed by atoms with Crippen LogP contribution in [0.3, 0.4) is 0 Å². The lowest BCUT2D eigenvalue weighted by molar-refractivity contribution is 0.199. The summed E-state index contributed by atoms with van der Waals surface area (Å²) >= 11 is 0. The van der Waals surface area contributed by atoms with Gasteiger partial charge in [-0.2, -0.15) is 0 Å². The highest BCUT2D eigenvalue weighted by atomic mass is 19.1. The van der Waals surface area contributed by atoms with Crippen LogP contribution in [0.5, 0.6) is 0 Å². The number of hydrogen-bond donors (Lipinski definition) is 0. The van der Waals surface area contributed by atoms with Crippen LogP contribution in [0.25, 0.3) is 11.1 Å². The molecular weight excluding hydrogens is 352 g/mol. The largest absolute Gasteiger partial charge is 0.207 e. The van der Waals surface area contributed by atoms with E-state index in [2.05, 4.69) is 6.92 Å². The van der Waals surface area contributed by atoms with Gasteiger partial charge in [0.1, 0.15) is 23.3 Å². The summed E-state index contributed by atoms with van der Waals surface area (Å²) in [7, 11) is 0. The third kappa shape index (κ3) is 3.39. The smallest absolute Gasteiger partial charge is 0.137 e. The number of rotatable bonds is 3. The van der Waals surface area contributed by atoms with E-state index < -0.39 is 23.3 Å². The van der Waals surface area contributed by atoms with Gasteiger partial charge in [-0.3, -0.25) is 0 Å². The van der Waals surface area contributed by atoms with Crippen molar-refractivity contribution in [2.24, 2.45) is 11.8 Å². The Morgan fingerprint density at radius 1 is 0.926 bits per heavy atom. The summed E-state index contributed by atoms with van der Waals surface area (Å²) in [4.78, 5) is 0. The minimum atomic E-state index is -0.837. The van der Waals surface area contributed by atoms with E-state index >= 15 is 4.39 Å². The van der Waals surface area contributed by atoms with Crippen molar-refractivity contribution in [1.29, 1.82) is 0 Å². The van der Waals surface area contributed by atoms with Gasteiger partial charge < -0.3 is 0 Å². The highest BCUT2D eigenvalue weighted by molar-refractivity contribution is 5.67. The molecule has 0 nitrogen and oxygen atoms in total. The fourth-order valence-electron chi connectivity index (χ4n) is 5.32. The second-order valence-corrected chi connectivity index (χ2v) is 8.15. The van der Waals surface area contributed by atoms with E-state index in [-0.39, 0.29) is 17.0 Å². The van der Waals surface area contributed by atoms with Crippen LogP contribution < -0.4 is 0 Å². The zero-order valence-electron chi connectivity index (χ0n) is 15.5. The lowest BCUT2D eigenvalue weighted by atomic mass is 9.64. The van der Waals surface area contributed by atoms with Gasteiger partial charge in [-0.25, -0.2) is 17.6 Å². The SMILES string of the molecule is CCC[C@@H]1CC[C@@H]2c3cc(F)c(-c4cc(F)cc(F)c4)c(F)c3CC[C@@H]2C1. The molecule has 2 aromatic carbocycles. The molecule has 0 bridgehead atoms. The molecule has 1 fully saturated rings. The van der Waals surface area contributed by atoms with E-state index in [1.54, 1.807) is 0 Å². The quantitative estimate of drug-likeness (QED) is 0.499. The number of hydrogen-bond acceptors (Lipinski definition) is 0. The Morgan fingerprint density at radius 3 is 2.37 bits per heavy atom. The van der Waals surface area contributed by atoms with Crippen LogP contribution >= 0.6 is 0 Å². The number of fused-ring (bicyclic) bond motifs is 3. The Hall–Kier alpha value is -1.84. The van der Waals surface area contributed by atoms with Gasteiger partial charge in [-0.05, 0) is 84.7 Å². The van der Waals surface area contributed by atoms with Crippen LogP contribution in [0.4, 0.5) is 17.6 Å². The van der Waals surface area contributed by atoms with Crippen molar-refractivity contribution in [3.63, 3.8) is 0 Å². The van der Waals surface area contributed by atoms with Crippen molar-refractivity contribution in [3.05, 3.63) is 58.7 Å². The number of halogens is 4. The Bertz CT molecular complexity index is 838. The normalized spacial score (nSPS) is 24.4. The number of benzene rings is 2. The molecule has 2 aromatic rings. The molecule has 0 amide bonds. The van der Waals surface area contributed by atoms with Gasteiger partial charge in [-0.1, -0.05) is 19.8 Å². The van der Waals surface area contributed by atoms with E-state index in [1.165, 1.54) is 18.9 Å². The summed E-state index contributed by atoms with van der Waals surface area (Å²) < 4.78 is 57.2. The molecule has 0 aromatic heterocycles. The van der Waals surface area contributed by atoms with Crippen molar-refractivity contribution in [2.75, 3.05) is 0 Å². The lowest BCUT2D eigenvalue weighted by Gasteiger charge is -2.41. The Morgan fingerprint density at radius 2 is 1.67 bits per heavy atom. The highest BCUT2D eigenvalue weighted by Crippen LogP contribution is 2.49. The molecule has 0 heterocycles. The molecule has 0 saturated heterocycles. The lowest BCUT2D eigenvalue weighted by Crippen LogP contribution is -2.29. The molecule has 3 atom stereocenters. The molecule has 0 unspecified atom stereocenters. The predicted molar refractivity (Wildman–Crippen MR) is 98.5 cm³/mol. The molecule has 0 spiro atoms. The topological polar surface area (TPSA) is 0 Å². The van der Waals surface area contributed by atoms with Crippen LogP contribution in [0.15, 0.2) is 24.3 Å². The van der Waals surface area contributed by atoms with Crippen molar-refractivity contribution in [1.82, 2.24) is 0 Å². The Balaban J connectivity index is 1.73. The summed E-state index contributed by atoms with van der Waals surface area (Å²) in [6.07, 6.45) is 7.07. The Labute approximate surface area is 157 Å². The second-order valence-electron chi connectivity index (χ2n) is 8.15. The fraction of sp³-hybridized carbons (Fsp3) is 0.478. The third-order valence-corrected chi connectivity index (χ3v) is 6.46. The average Bonchev–Trinajstić information content (AvgIpc) is 2.61. The van der Waals surface area contributed by atoms with Gasteiger partial charge in [0, 0.05) is 6.07 Å². The van der Waals surface area contributed by atoms with E-state index in [1.807, 2.05) is 0 Å². The first-order valence-corrected chi connectivity index (χ1v) is 9.95. The minimum absolute atomic E-state index is 0.0842. The zero-order valence-corrected chi connectivity index (χ0v) is 15.5.